The summed E-state index contributed by atoms with van der Waals surface area (Å²) in [5.41, 5.74) is 1.94. The molecule has 0 heterocycles. The molecule has 0 radical (unpaired) electrons. The topological polar surface area (TPSA) is 68.2 Å². The number of carbonyl (C=O) groups is 1. The Balaban J connectivity index is 1.97. The van der Waals surface area contributed by atoms with Gasteiger partial charge in [-0.15, -0.1) is 0 Å². The molecule has 0 aromatic heterocycles. The molecule has 124 valence electrons. The van der Waals surface area contributed by atoms with E-state index >= 15 is 0 Å². The first-order valence-corrected chi connectivity index (χ1v) is 7.46. The number of nitriles is 1. The molecule has 0 saturated heterocycles. The molecule has 2 amide bonds. The van der Waals surface area contributed by atoms with Crippen LogP contribution >= 0.6 is 0 Å². The lowest BCUT2D eigenvalue weighted by atomic mass is 10.1. The molecule has 2 rings (SSSR count). The lowest BCUT2D eigenvalue weighted by Gasteiger charge is -2.25. The van der Waals surface area contributed by atoms with Crippen molar-refractivity contribution in [3.05, 3.63) is 65.5 Å². The van der Waals surface area contributed by atoms with Gasteiger partial charge in [0.25, 0.3) is 0 Å². The first-order valence-electron chi connectivity index (χ1n) is 7.46. The minimum atomic E-state index is -0.362. The van der Waals surface area contributed by atoms with Gasteiger partial charge in [-0.25, -0.2) is 9.18 Å². The Bertz CT molecular complexity index is 737. The molecule has 0 fully saturated rings. The minimum absolute atomic E-state index is 0.0817. The fraction of sp³-hybridized carbons (Fsp3) is 0.222. The highest BCUT2D eigenvalue weighted by Gasteiger charge is 2.15. The molecule has 2 aromatic rings. The molecule has 5 nitrogen and oxygen atoms in total. The Labute approximate surface area is 140 Å². The molecule has 0 bridgehead atoms. The SMILES string of the molecule is CN(C)[C@H](CNC(=O)Nc1cccc(C#N)c1)c1ccc(F)cc1. The molecule has 24 heavy (non-hydrogen) atoms. The fourth-order valence-corrected chi connectivity index (χ4v) is 2.31. The van der Waals surface area contributed by atoms with Crippen LogP contribution in [0.25, 0.3) is 0 Å². The van der Waals surface area contributed by atoms with Crippen molar-refractivity contribution >= 4 is 11.7 Å². The quantitative estimate of drug-likeness (QED) is 0.887. The fourth-order valence-electron chi connectivity index (χ4n) is 2.31. The molecule has 1 atom stereocenters. The highest BCUT2D eigenvalue weighted by atomic mass is 19.1. The zero-order valence-electron chi connectivity index (χ0n) is 13.6. The van der Waals surface area contributed by atoms with Crippen LogP contribution in [0.5, 0.6) is 0 Å². The summed E-state index contributed by atoms with van der Waals surface area (Å²) in [5, 5.41) is 14.4. The number of urea groups is 1. The smallest absolute Gasteiger partial charge is 0.319 e. The maximum absolute atomic E-state index is 13.1. The summed E-state index contributed by atoms with van der Waals surface area (Å²) in [7, 11) is 3.79. The normalized spacial score (nSPS) is 11.6. The number of rotatable bonds is 5. The molecule has 0 aliphatic heterocycles. The number of likely N-dealkylation sites (N-methyl/N-ethyl adjacent to an activating group) is 1. The lowest BCUT2D eigenvalue weighted by molar-refractivity contribution is 0.243. The lowest BCUT2D eigenvalue weighted by Crippen LogP contribution is -2.36. The Hall–Kier alpha value is -2.91. The molecule has 0 aliphatic rings. The van der Waals surface area contributed by atoms with Crippen molar-refractivity contribution < 1.29 is 9.18 Å². The summed E-state index contributed by atoms with van der Waals surface area (Å²) < 4.78 is 13.1. The maximum Gasteiger partial charge on any atom is 0.319 e. The van der Waals surface area contributed by atoms with Gasteiger partial charge in [0.05, 0.1) is 17.7 Å². The van der Waals surface area contributed by atoms with E-state index in [1.165, 1.54) is 12.1 Å². The van der Waals surface area contributed by atoms with E-state index in [0.717, 1.165) is 5.56 Å². The number of benzene rings is 2. The monoisotopic (exact) mass is 326 g/mol. The molecule has 0 aliphatic carbocycles. The zero-order chi connectivity index (χ0) is 17.5. The number of amides is 2. The van der Waals surface area contributed by atoms with E-state index in [2.05, 4.69) is 10.6 Å². The number of carbonyl (C=O) groups excluding carboxylic acids is 1. The summed E-state index contributed by atoms with van der Waals surface area (Å²) in [6, 6.07) is 14.5. The van der Waals surface area contributed by atoms with Crippen molar-refractivity contribution in [2.24, 2.45) is 0 Å². The highest BCUT2D eigenvalue weighted by molar-refractivity contribution is 5.89. The molecular weight excluding hydrogens is 307 g/mol. The van der Waals surface area contributed by atoms with E-state index in [1.54, 1.807) is 36.4 Å². The molecule has 0 unspecified atom stereocenters. The third-order valence-corrected chi connectivity index (χ3v) is 3.58. The van der Waals surface area contributed by atoms with Crippen molar-refractivity contribution in [2.45, 2.75) is 6.04 Å². The molecule has 0 spiro atoms. The third-order valence-electron chi connectivity index (χ3n) is 3.58. The van der Waals surface area contributed by atoms with Crippen molar-refractivity contribution in [3.8, 4) is 6.07 Å². The molecule has 2 aromatic carbocycles. The van der Waals surface area contributed by atoms with Crippen LogP contribution in [0, 0.1) is 17.1 Å². The van der Waals surface area contributed by atoms with Gasteiger partial charge in [-0.05, 0) is 50.0 Å². The van der Waals surface area contributed by atoms with Gasteiger partial charge in [-0.1, -0.05) is 18.2 Å². The number of nitrogens with one attached hydrogen (secondary N) is 2. The van der Waals surface area contributed by atoms with Crippen molar-refractivity contribution in [2.75, 3.05) is 26.0 Å². The van der Waals surface area contributed by atoms with Gasteiger partial charge >= 0.3 is 6.03 Å². The second-order valence-corrected chi connectivity index (χ2v) is 5.56. The summed E-state index contributed by atoms with van der Waals surface area (Å²) in [5.74, 6) is -0.292. The van der Waals surface area contributed by atoms with Crippen LogP contribution < -0.4 is 10.6 Å². The van der Waals surface area contributed by atoms with Crippen LogP contribution in [-0.2, 0) is 0 Å². The molecule has 6 heteroatoms. The van der Waals surface area contributed by atoms with E-state index < -0.39 is 0 Å². The first kappa shape index (κ1) is 17.4. The second kappa shape index (κ2) is 8.09. The number of halogens is 1. The Morgan fingerprint density at radius 3 is 2.58 bits per heavy atom. The van der Waals surface area contributed by atoms with Crippen LogP contribution in [0.1, 0.15) is 17.2 Å². The van der Waals surface area contributed by atoms with Gasteiger partial charge in [-0.3, -0.25) is 0 Å². The van der Waals surface area contributed by atoms with Crippen LogP contribution in [0.15, 0.2) is 48.5 Å². The van der Waals surface area contributed by atoms with Gasteiger partial charge in [0, 0.05) is 12.2 Å². The van der Waals surface area contributed by atoms with Gasteiger partial charge < -0.3 is 15.5 Å². The van der Waals surface area contributed by atoms with E-state index in [1.807, 2.05) is 25.1 Å². The zero-order valence-corrected chi connectivity index (χ0v) is 13.6. The van der Waals surface area contributed by atoms with Crippen molar-refractivity contribution in [1.29, 1.82) is 5.26 Å². The molecule has 2 N–H and O–H groups in total. The first-order chi connectivity index (χ1) is 11.5. The van der Waals surface area contributed by atoms with Crippen molar-refractivity contribution in [3.63, 3.8) is 0 Å². The molecular formula is C18H19FN4O. The average Bonchev–Trinajstić information content (AvgIpc) is 2.56. The number of anilines is 1. The highest BCUT2D eigenvalue weighted by Crippen LogP contribution is 2.18. The second-order valence-electron chi connectivity index (χ2n) is 5.56. The maximum atomic E-state index is 13.1. The van der Waals surface area contributed by atoms with Gasteiger partial charge in [0.2, 0.25) is 0 Å². The van der Waals surface area contributed by atoms with Crippen LogP contribution in [0.2, 0.25) is 0 Å². The van der Waals surface area contributed by atoms with Crippen LogP contribution in [0.3, 0.4) is 0 Å². The van der Waals surface area contributed by atoms with E-state index in [-0.39, 0.29) is 17.9 Å². The minimum Gasteiger partial charge on any atom is -0.336 e. The van der Waals surface area contributed by atoms with Gasteiger partial charge in [0.15, 0.2) is 0 Å². The van der Waals surface area contributed by atoms with Crippen LogP contribution in [-0.4, -0.2) is 31.6 Å². The van der Waals surface area contributed by atoms with Gasteiger partial charge in [-0.2, -0.15) is 5.26 Å². The predicted molar refractivity (Wildman–Crippen MR) is 91.0 cm³/mol. The van der Waals surface area contributed by atoms with E-state index in [0.29, 0.717) is 17.8 Å². The number of hydrogen-bond acceptors (Lipinski definition) is 3. The average molecular weight is 326 g/mol. The van der Waals surface area contributed by atoms with E-state index in [4.69, 9.17) is 5.26 Å². The standard InChI is InChI=1S/C18H19FN4O/c1-23(2)17(14-6-8-15(19)9-7-14)12-21-18(24)22-16-5-3-4-13(10-16)11-20/h3-10,17H,12H2,1-2H3,(H2,21,22,24)/t17-/m1/s1. The summed E-state index contributed by atoms with van der Waals surface area (Å²) in [4.78, 5) is 14.0. The summed E-state index contributed by atoms with van der Waals surface area (Å²) >= 11 is 0. The number of hydrogen-bond donors (Lipinski definition) is 2. The van der Waals surface area contributed by atoms with Gasteiger partial charge in [0.1, 0.15) is 5.82 Å². The molecule has 0 saturated carbocycles. The Kier molecular flexibility index (Phi) is 5.88. The summed E-state index contributed by atoms with van der Waals surface area (Å²) in [6.07, 6.45) is 0. The Morgan fingerprint density at radius 2 is 1.96 bits per heavy atom. The summed E-state index contributed by atoms with van der Waals surface area (Å²) in [6.45, 7) is 0.363. The van der Waals surface area contributed by atoms with E-state index in [9.17, 15) is 9.18 Å². The predicted octanol–water partition coefficient (Wildman–Crippen LogP) is 3.12. The van der Waals surface area contributed by atoms with Crippen molar-refractivity contribution in [1.82, 2.24) is 10.2 Å². The van der Waals surface area contributed by atoms with Crippen LogP contribution in [0.4, 0.5) is 14.9 Å². The number of nitrogens with zero attached hydrogens (tertiary/aromatic N) is 2. The Morgan fingerprint density at radius 1 is 1.25 bits per heavy atom. The largest absolute Gasteiger partial charge is 0.336 e. The third kappa shape index (κ3) is 4.80.